The highest BCUT2D eigenvalue weighted by Crippen LogP contribution is 2.19. The topological polar surface area (TPSA) is 140 Å². The molecule has 0 aliphatic carbocycles. The molecule has 0 fully saturated rings. The predicted octanol–water partition coefficient (Wildman–Crippen LogP) is 2.65. The fraction of sp³-hybridized carbons (Fsp3) is 0.654. The van der Waals surface area contributed by atoms with Gasteiger partial charge in [0, 0.05) is 0 Å². The molecule has 0 spiro atoms. The minimum atomic E-state index is -1.13. The van der Waals surface area contributed by atoms with Crippen LogP contribution < -0.4 is 21.1 Å². The first-order valence-corrected chi connectivity index (χ1v) is 12.0. The van der Waals surface area contributed by atoms with Crippen LogP contribution in [0.4, 0.5) is 0 Å². The van der Waals surface area contributed by atoms with Gasteiger partial charge in [0.05, 0.1) is 18.2 Å². The highest BCUT2D eigenvalue weighted by Gasteiger charge is 2.31. The average molecular weight is 494 g/mol. The molecular weight excluding hydrogens is 450 g/mol. The summed E-state index contributed by atoms with van der Waals surface area (Å²) in [5.74, 6) is -1.88. The second-order valence-electron chi connectivity index (χ2n) is 10.9. The Morgan fingerprint density at radius 1 is 0.971 bits per heavy atom. The minimum Gasteiger partial charge on any atom is -0.488 e. The summed E-state index contributed by atoms with van der Waals surface area (Å²) in [6.07, 6.45) is 0.817. The molecule has 0 saturated heterocycles. The molecular formula is C26H43N3O6. The second-order valence-corrected chi connectivity index (χ2v) is 10.9. The quantitative estimate of drug-likeness (QED) is 0.351. The molecule has 0 aliphatic heterocycles. The lowest BCUT2D eigenvalue weighted by atomic mass is 9.99. The summed E-state index contributed by atoms with van der Waals surface area (Å²) in [6, 6.07) is 4.22. The summed E-state index contributed by atoms with van der Waals surface area (Å²) in [4.78, 5) is 37.4. The highest BCUT2D eigenvalue weighted by atomic mass is 16.5. The number of nitrogens with one attached hydrogen (secondary N) is 2. The minimum absolute atomic E-state index is 0.126. The van der Waals surface area contributed by atoms with Gasteiger partial charge in [0.15, 0.2) is 0 Å². The standard InChI is InChI=1S/C26H43N3O6/c1-9-16(2)21(24(32)33)29-23(31)20(15-34-25(3,4)5)28-22(30)19(27)14-17-10-12-18(13-11-17)35-26(6,7)8/h10-13,16,19-21H,9,14-15,27H2,1-8H3,(H,28,30)(H,29,31)(H,32,33)/t16-,19-,20-,21-/m0/s1. The van der Waals surface area contributed by atoms with E-state index in [9.17, 15) is 19.5 Å². The fourth-order valence-corrected chi connectivity index (χ4v) is 3.13. The molecule has 2 amide bonds. The first-order chi connectivity index (χ1) is 16.0. The van der Waals surface area contributed by atoms with E-state index in [2.05, 4.69) is 10.6 Å². The number of hydrogen-bond donors (Lipinski definition) is 4. The van der Waals surface area contributed by atoms with Crippen LogP contribution in [0, 0.1) is 5.92 Å². The third-order valence-electron chi connectivity index (χ3n) is 5.23. The van der Waals surface area contributed by atoms with Crippen LogP contribution in [-0.4, -0.2) is 58.8 Å². The molecule has 0 saturated carbocycles. The van der Waals surface area contributed by atoms with Crippen LogP contribution in [0.2, 0.25) is 0 Å². The normalized spacial score (nSPS) is 15.5. The number of nitrogens with two attached hydrogens (primary N) is 1. The summed E-state index contributed by atoms with van der Waals surface area (Å²) in [7, 11) is 0. The Morgan fingerprint density at radius 2 is 1.54 bits per heavy atom. The van der Waals surface area contributed by atoms with Gasteiger partial charge in [-0.1, -0.05) is 32.4 Å². The van der Waals surface area contributed by atoms with Crippen molar-refractivity contribution in [2.24, 2.45) is 11.7 Å². The number of carboxylic acids is 1. The molecule has 9 heteroatoms. The zero-order valence-electron chi connectivity index (χ0n) is 22.3. The van der Waals surface area contributed by atoms with E-state index in [1.165, 1.54) is 0 Å². The first kappa shape index (κ1) is 30.4. The van der Waals surface area contributed by atoms with E-state index in [4.69, 9.17) is 15.2 Å². The number of carbonyl (C=O) groups is 3. The Labute approximate surface area is 209 Å². The Balaban J connectivity index is 2.90. The van der Waals surface area contributed by atoms with Crippen molar-refractivity contribution in [1.29, 1.82) is 0 Å². The van der Waals surface area contributed by atoms with Gasteiger partial charge in [0.2, 0.25) is 11.8 Å². The van der Waals surface area contributed by atoms with Crippen molar-refractivity contribution in [1.82, 2.24) is 10.6 Å². The van der Waals surface area contributed by atoms with Gasteiger partial charge < -0.3 is 30.9 Å². The van der Waals surface area contributed by atoms with E-state index in [0.29, 0.717) is 12.2 Å². The number of hydrogen-bond acceptors (Lipinski definition) is 6. The Bertz CT molecular complexity index is 842. The lowest BCUT2D eigenvalue weighted by Gasteiger charge is -2.28. The van der Waals surface area contributed by atoms with E-state index < -0.39 is 41.5 Å². The molecule has 0 unspecified atom stereocenters. The smallest absolute Gasteiger partial charge is 0.326 e. The monoisotopic (exact) mass is 493 g/mol. The third-order valence-corrected chi connectivity index (χ3v) is 5.23. The van der Waals surface area contributed by atoms with Crippen LogP contribution in [0.3, 0.4) is 0 Å². The van der Waals surface area contributed by atoms with Gasteiger partial charge in [0.25, 0.3) is 0 Å². The fourth-order valence-electron chi connectivity index (χ4n) is 3.13. The predicted molar refractivity (Wildman–Crippen MR) is 135 cm³/mol. The van der Waals surface area contributed by atoms with Gasteiger partial charge in [-0.15, -0.1) is 0 Å². The van der Waals surface area contributed by atoms with Crippen LogP contribution in [-0.2, 0) is 25.5 Å². The summed E-state index contributed by atoms with van der Waals surface area (Å²) in [5.41, 5.74) is 6.08. The highest BCUT2D eigenvalue weighted by molar-refractivity contribution is 5.92. The van der Waals surface area contributed by atoms with Gasteiger partial charge in [0.1, 0.15) is 23.4 Å². The molecule has 0 aliphatic rings. The molecule has 35 heavy (non-hydrogen) atoms. The van der Waals surface area contributed by atoms with Crippen LogP contribution in [0.25, 0.3) is 0 Å². The van der Waals surface area contributed by atoms with Crippen LogP contribution in [0.15, 0.2) is 24.3 Å². The zero-order valence-corrected chi connectivity index (χ0v) is 22.3. The second kappa shape index (κ2) is 12.9. The van der Waals surface area contributed by atoms with Crippen LogP contribution in [0.5, 0.6) is 5.75 Å². The lowest BCUT2D eigenvalue weighted by molar-refractivity contribution is -0.144. The number of aliphatic carboxylic acids is 1. The molecule has 0 heterocycles. The van der Waals surface area contributed by atoms with Crippen molar-refractivity contribution < 1.29 is 29.0 Å². The van der Waals surface area contributed by atoms with Gasteiger partial charge in [-0.2, -0.15) is 0 Å². The number of benzene rings is 1. The maximum absolute atomic E-state index is 12.9. The molecule has 1 aromatic carbocycles. The molecule has 1 rings (SSSR count). The van der Waals surface area contributed by atoms with Crippen molar-refractivity contribution in [3.8, 4) is 5.75 Å². The summed E-state index contributed by atoms with van der Waals surface area (Å²) in [6.45, 7) is 14.8. The van der Waals surface area contributed by atoms with Gasteiger partial charge in [-0.3, -0.25) is 9.59 Å². The van der Waals surface area contributed by atoms with E-state index in [0.717, 1.165) is 5.56 Å². The van der Waals surface area contributed by atoms with Crippen molar-refractivity contribution >= 4 is 17.8 Å². The molecule has 9 nitrogen and oxygen atoms in total. The zero-order chi connectivity index (χ0) is 27.0. The lowest BCUT2D eigenvalue weighted by Crippen LogP contribution is -2.57. The number of carbonyl (C=O) groups excluding carboxylic acids is 2. The van der Waals surface area contributed by atoms with Gasteiger partial charge in [-0.25, -0.2) is 4.79 Å². The Hall–Kier alpha value is -2.65. The molecule has 5 N–H and O–H groups in total. The van der Waals surface area contributed by atoms with Gasteiger partial charge >= 0.3 is 5.97 Å². The molecule has 0 aromatic heterocycles. The van der Waals surface area contributed by atoms with E-state index in [1.807, 2.05) is 72.7 Å². The number of ether oxygens (including phenoxy) is 2. The van der Waals surface area contributed by atoms with Crippen LogP contribution in [0.1, 0.15) is 67.4 Å². The number of carboxylic acid groups (broad SMARTS) is 1. The van der Waals surface area contributed by atoms with E-state index in [1.54, 1.807) is 6.92 Å². The van der Waals surface area contributed by atoms with Crippen molar-refractivity contribution in [3.63, 3.8) is 0 Å². The molecule has 0 radical (unpaired) electrons. The van der Waals surface area contributed by atoms with Gasteiger partial charge in [-0.05, 0) is 71.6 Å². The summed E-state index contributed by atoms with van der Waals surface area (Å²) in [5, 5.41) is 14.7. The third kappa shape index (κ3) is 11.6. The van der Waals surface area contributed by atoms with E-state index in [-0.39, 0.29) is 24.5 Å². The molecule has 198 valence electrons. The Kier molecular flexibility index (Phi) is 11.2. The summed E-state index contributed by atoms with van der Waals surface area (Å²) < 4.78 is 11.5. The van der Waals surface area contributed by atoms with Crippen molar-refractivity contribution in [3.05, 3.63) is 29.8 Å². The van der Waals surface area contributed by atoms with Crippen LogP contribution >= 0.6 is 0 Å². The Morgan fingerprint density at radius 3 is 2.00 bits per heavy atom. The maximum atomic E-state index is 12.9. The first-order valence-electron chi connectivity index (χ1n) is 12.0. The largest absolute Gasteiger partial charge is 0.488 e. The van der Waals surface area contributed by atoms with Crippen molar-refractivity contribution in [2.75, 3.05) is 6.61 Å². The average Bonchev–Trinajstić information content (AvgIpc) is 2.73. The molecule has 1 aromatic rings. The number of amides is 2. The summed E-state index contributed by atoms with van der Waals surface area (Å²) >= 11 is 0. The van der Waals surface area contributed by atoms with E-state index >= 15 is 0 Å². The molecule has 4 atom stereocenters. The van der Waals surface area contributed by atoms with Crippen molar-refractivity contribution in [2.45, 2.75) is 97.6 Å². The number of rotatable bonds is 12. The SMILES string of the molecule is CC[C@H](C)[C@H](NC(=O)[C@H](COC(C)(C)C)NC(=O)[C@@H](N)Cc1ccc(OC(C)(C)C)cc1)C(=O)O. The maximum Gasteiger partial charge on any atom is 0.326 e. The molecule has 0 bridgehead atoms.